The van der Waals surface area contributed by atoms with Gasteiger partial charge in [-0.3, -0.25) is 9.69 Å². The highest BCUT2D eigenvalue weighted by molar-refractivity contribution is 7.90. The molecular weight excluding hydrogens is 398 g/mol. The third kappa shape index (κ3) is 3.78. The molecule has 6 nitrogen and oxygen atoms in total. The van der Waals surface area contributed by atoms with Gasteiger partial charge in [0.05, 0.1) is 40.1 Å². The first-order chi connectivity index (χ1) is 14.4. The summed E-state index contributed by atoms with van der Waals surface area (Å²) in [5.74, 6) is -0.100. The van der Waals surface area contributed by atoms with Crippen LogP contribution in [0.25, 0.3) is 0 Å². The summed E-state index contributed by atoms with van der Waals surface area (Å²) in [5, 5.41) is 9.20. The third-order valence-corrected chi connectivity index (χ3v) is 6.13. The van der Waals surface area contributed by atoms with Crippen LogP contribution in [0.15, 0.2) is 77.7 Å². The van der Waals surface area contributed by atoms with Crippen molar-refractivity contribution in [1.29, 1.82) is 5.26 Å². The highest BCUT2D eigenvalue weighted by atomic mass is 32.2. The van der Waals surface area contributed by atoms with Gasteiger partial charge in [-0.05, 0) is 48.0 Å². The van der Waals surface area contributed by atoms with Gasteiger partial charge in [0.15, 0.2) is 9.84 Å². The van der Waals surface area contributed by atoms with Gasteiger partial charge in [0, 0.05) is 12.8 Å². The van der Waals surface area contributed by atoms with Gasteiger partial charge in [0.1, 0.15) is 0 Å². The van der Waals surface area contributed by atoms with E-state index in [0.29, 0.717) is 17.8 Å². The molecule has 1 aliphatic rings. The Balaban J connectivity index is 1.68. The Morgan fingerprint density at radius 2 is 1.67 bits per heavy atom. The Hall–Kier alpha value is -3.63. The van der Waals surface area contributed by atoms with Crippen molar-refractivity contribution in [3.8, 4) is 6.07 Å². The standard InChI is InChI=1S/C23H19N3O3S/c1-30(28,29)20-11-9-17(10-12-20)15-25-16-23(27)26(22-8-3-2-7-21(22)25)19-6-4-5-18(13-19)14-24/h2-13H,15-16H2,1H3. The maximum Gasteiger partial charge on any atom is 0.251 e. The molecule has 0 N–H and O–H groups in total. The number of nitrogens with zero attached hydrogens (tertiary/aromatic N) is 3. The maximum atomic E-state index is 13.1. The Kier molecular flexibility index (Phi) is 5.02. The van der Waals surface area contributed by atoms with E-state index in [1.165, 1.54) is 6.26 Å². The molecule has 30 heavy (non-hydrogen) atoms. The summed E-state index contributed by atoms with van der Waals surface area (Å²) >= 11 is 0. The number of carbonyl (C=O) groups is 1. The molecule has 1 amide bonds. The van der Waals surface area contributed by atoms with Crippen molar-refractivity contribution in [2.24, 2.45) is 0 Å². The van der Waals surface area contributed by atoms with E-state index in [9.17, 15) is 18.5 Å². The average Bonchev–Trinajstić information content (AvgIpc) is 2.73. The number of hydrogen-bond acceptors (Lipinski definition) is 5. The molecule has 1 aliphatic heterocycles. The lowest BCUT2D eigenvalue weighted by molar-refractivity contribution is -0.116. The smallest absolute Gasteiger partial charge is 0.251 e. The number of para-hydroxylation sites is 2. The third-order valence-electron chi connectivity index (χ3n) is 5.00. The summed E-state index contributed by atoms with van der Waals surface area (Å²) in [6.07, 6.45) is 1.18. The van der Waals surface area contributed by atoms with Crippen molar-refractivity contribution in [2.45, 2.75) is 11.4 Å². The highest BCUT2D eigenvalue weighted by Gasteiger charge is 2.30. The predicted octanol–water partition coefficient (Wildman–Crippen LogP) is 3.65. The molecular formula is C23H19N3O3S. The first kappa shape index (κ1) is 19.7. The normalized spacial score (nSPS) is 13.7. The number of fused-ring (bicyclic) bond motifs is 1. The van der Waals surface area contributed by atoms with Crippen LogP contribution in [-0.2, 0) is 21.2 Å². The fourth-order valence-electron chi connectivity index (χ4n) is 3.58. The number of anilines is 3. The lowest BCUT2D eigenvalue weighted by Crippen LogP contribution is -2.43. The molecule has 4 rings (SSSR count). The largest absolute Gasteiger partial charge is 0.356 e. The number of carbonyl (C=O) groups excluding carboxylic acids is 1. The van der Waals surface area contributed by atoms with E-state index in [0.717, 1.165) is 16.9 Å². The van der Waals surface area contributed by atoms with Crippen LogP contribution < -0.4 is 9.80 Å². The fourth-order valence-corrected chi connectivity index (χ4v) is 4.21. The van der Waals surface area contributed by atoms with Gasteiger partial charge < -0.3 is 4.90 Å². The van der Waals surface area contributed by atoms with Gasteiger partial charge in [0.2, 0.25) is 0 Å². The second-order valence-corrected chi connectivity index (χ2v) is 9.17. The summed E-state index contributed by atoms with van der Waals surface area (Å²) in [7, 11) is -3.25. The van der Waals surface area contributed by atoms with Crippen molar-refractivity contribution in [2.75, 3.05) is 22.6 Å². The predicted molar refractivity (Wildman–Crippen MR) is 115 cm³/mol. The van der Waals surface area contributed by atoms with Crippen LogP contribution in [0.3, 0.4) is 0 Å². The van der Waals surface area contributed by atoms with E-state index in [-0.39, 0.29) is 17.3 Å². The minimum absolute atomic E-state index is 0.100. The Labute approximate surface area is 175 Å². The number of amides is 1. The molecule has 0 saturated heterocycles. The van der Waals surface area contributed by atoms with Crippen molar-refractivity contribution in [3.05, 3.63) is 83.9 Å². The summed E-state index contributed by atoms with van der Waals surface area (Å²) in [4.78, 5) is 16.9. The molecule has 3 aromatic carbocycles. The van der Waals surface area contributed by atoms with Crippen LogP contribution in [0.2, 0.25) is 0 Å². The van der Waals surface area contributed by atoms with E-state index in [1.54, 1.807) is 47.4 Å². The van der Waals surface area contributed by atoms with Crippen molar-refractivity contribution >= 4 is 32.8 Å². The first-order valence-electron chi connectivity index (χ1n) is 9.33. The van der Waals surface area contributed by atoms with E-state index >= 15 is 0 Å². The second-order valence-electron chi connectivity index (χ2n) is 7.15. The molecule has 0 bridgehead atoms. The molecule has 0 atom stereocenters. The fraction of sp³-hybridized carbons (Fsp3) is 0.130. The van der Waals surface area contributed by atoms with Gasteiger partial charge in [-0.1, -0.05) is 30.3 Å². The van der Waals surface area contributed by atoms with Crippen LogP contribution in [0.4, 0.5) is 17.1 Å². The van der Waals surface area contributed by atoms with Gasteiger partial charge in [-0.2, -0.15) is 5.26 Å². The minimum atomic E-state index is -3.25. The van der Waals surface area contributed by atoms with E-state index in [2.05, 4.69) is 6.07 Å². The molecule has 0 aliphatic carbocycles. The van der Waals surface area contributed by atoms with Crippen molar-refractivity contribution in [3.63, 3.8) is 0 Å². The van der Waals surface area contributed by atoms with Crippen LogP contribution >= 0.6 is 0 Å². The monoisotopic (exact) mass is 417 g/mol. The summed E-state index contributed by atoms with van der Waals surface area (Å²) in [5.41, 5.74) is 3.70. The van der Waals surface area contributed by atoms with Gasteiger partial charge in [-0.15, -0.1) is 0 Å². The number of benzene rings is 3. The quantitative estimate of drug-likeness (QED) is 0.647. The molecule has 0 aromatic heterocycles. The second kappa shape index (κ2) is 7.65. The van der Waals surface area contributed by atoms with Crippen molar-refractivity contribution < 1.29 is 13.2 Å². The van der Waals surface area contributed by atoms with Crippen molar-refractivity contribution in [1.82, 2.24) is 0 Å². The van der Waals surface area contributed by atoms with E-state index in [4.69, 9.17) is 0 Å². The first-order valence-corrected chi connectivity index (χ1v) is 11.2. The van der Waals surface area contributed by atoms with Gasteiger partial charge in [-0.25, -0.2) is 8.42 Å². The Bertz CT molecular complexity index is 1260. The zero-order chi connectivity index (χ0) is 21.3. The molecule has 0 saturated carbocycles. The van der Waals surface area contributed by atoms with E-state index in [1.807, 2.05) is 35.2 Å². The Morgan fingerprint density at radius 3 is 2.33 bits per heavy atom. The molecule has 0 spiro atoms. The Morgan fingerprint density at radius 1 is 0.967 bits per heavy atom. The minimum Gasteiger partial charge on any atom is -0.356 e. The van der Waals surface area contributed by atoms with Crippen LogP contribution in [0.5, 0.6) is 0 Å². The van der Waals surface area contributed by atoms with Crippen LogP contribution in [-0.4, -0.2) is 27.1 Å². The summed E-state index contributed by atoms with van der Waals surface area (Å²) < 4.78 is 23.4. The molecule has 3 aromatic rings. The number of hydrogen-bond donors (Lipinski definition) is 0. The highest BCUT2D eigenvalue weighted by Crippen LogP contribution is 2.38. The number of sulfone groups is 1. The molecule has 0 fully saturated rings. The summed E-state index contributed by atoms with van der Waals surface area (Å²) in [6.45, 7) is 0.639. The van der Waals surface area contributed by atoms with E-state index < -0.39 is 9.84 Å². The molecule has 0 radical (unpaired) electrons. The van der Waals surface area contributed by atoms with Crippen LogP contribution in [0.1, 0.15) is 11.1 Å². The maximum absolute atomic E-state index is 13.1. The van der Waals surface area contributed by atoms with Crippen LogP contribution in [0, 0.1) is 11.3 Å². The lowest BCUT2D eigenvalue weighted by atomic mass is 10.1. The molecule has 7 heteroatoms. The topological polar surface area (TPSA) is 81.5 Å². The zero-order valence-corrected chi connectivity index (χ0v) is 17.1. The molecule has 150 valence electrons. The summed E-state index contributed by atoms with van der Waals surface area (Å²) in [6, 6.07) is 23.4. The number of nitriles is 1. The van der Waals surface area contributed by atoms with Gasteiger partial charge >= 0.3 is 0 Å². The number of rotatable bonds is 4. The lowest BCUT2D eigenvalue weighted by Gasteiger charge is -2.37. The molecule has 0 unspecified atom stereocenters. The molecule has 1 heterocycles. The zero-order valence-electron chi connectivity index (χ0n) is 16.3. The average molecular weight is 417 g/mol. The SMILES string of the molecule is CS(=O)(=O)c1ccc(CN2CC(=O)N(c3cccc(C#N)c3)c3ccccc32)cc1. The van der Waals surface area contributed by atoms with Gasteiger partial charge in [0.25, 0.3) is 5.91 Å².